The number of pyridine rings is 1. The minimum atomic E-state index is 0.680. The monoisotopic (exact) mass is 231 g/mol. The molecule has 92 valence electrons. The smallest absolute Gasteiger partial charge is 0.0544 e. The van der Waals surface area contributed by atoms with Gasteiger partial charge in [-0.3, -0.25) is 4.98 Å². The van der Waals surface area contributed by atoms with Crippen LogP contribution < -0.4 is 5.32 Å². The number of nitrogens with zero attached hydrogens (tertiary/aromatic N) is 2. The van der Waals surface area contributed by atoms with Gasteiger partial charge in [0.05, 0.1) is 5.69 Å². The van der Waals surface area contributed by atoms with Crippen molar-refractivity contribution in [1.82, 2.24) is 15.2 Å². The van der Waals surface area contributed by atoms with E-state index in [1.54, 1.807) is 0 Å². The van der Waals surface area contributed by atoms with Gasteiger partial charge in [-0.05, 0) is 50.9 Å². The van der Waals surface area contributed by atoms with Crippen LogP contribution in [0.4, 0.5) is 0 Å². The Morgan fingerprint density at radius 2 is 2.18 bits per heavy atom. The predicted octanol–water partition coefficient (Wildman–Crippen LogP) is 1.57. The minimum Gasteiger partial charge on any atom is -0.307 e. The summed E-state index contributed by atoms with van der Waals surface area (Å²) in [6.07, 6.45) is 2.75. The van der Waals surface area contributed by atoms with Crippen LogP contribution in [-0.4, -0.2) is 35.6 Å². The number of rotatable bonds is 3. The average Bonchev–Trinajstić information content (AvgIpc) is 2.38. The molecule has 3 nitrogen and oxygen atoms in total. The van der Waals surface area contributed by atoms with Gasteiger partial charge >= 0.3 is 0 Å². The van der Waals surface area contributed by atoms with Gasteiger partial charge in [0.15, 0.2) is 0 Å². The molecule has 1 atom stereocenters. The highest BCUT2D eigenvalue weighted by Crippen LogP contribution is 2.27. The number of piperidine rings is 3. The van der Waals surface area contributed by atoms with Crippen LogP contribution in [0.2, 0.25) is 0 Å². The second-order valence-corrected chi connectivity index (χ2v) is 5.40. The first-order chi connectivity index (χ1) is 8.31. The van der Waals surface area contributed by atoms with Crippen molar-refractivity contribution in [2.75, 3.05) is 19.6 Å². The lowest BCUT2D eigenvalue weighted by Crippen LogP contribution is -2.55. The molecule has 4 rings (SSSR count). The van der Waals surface area contributed by atoms with Crippen molar-refractivity contribution < 1.29 is 0 Å². The molecule has 0 aromatic carbocycles. The predicted molar refractivity (Wildman–Crippen MR) is 68.8 cm³/mol. The highest BCUT2D eigenvalue weighted by atomic mass is 15.2. The largest absolute Gasteiger partial charge is 0.307 e. The van der Waals surface area contributed by atoms with E-state index in [1.165, 1.54) is 38.2 Å². The fourth-order valence-corrected chi connectivity index (χ4v) is 3.13. The third kappa shape index (κ3) is 2.50. The van der Waals surface area contributed by atoms with E-state index < -0.39 is 0 Å². The molecule has 1 aromatic heterocycles. The van der Waals surface area contributed by atoms with Crippen molar-refractivity contribution in [2.45, 2.75) is 32.4 Å². The molecule has 0 saturated carbocycles. The van der Waals surface area contributed by atoms with E-state index in [2.05, 4.69) is 40.3 Å². The summed E-state index contributed by atoms with van der Waals surface area (Å²) in [5.74, 6) is 0.893. The summed E-state index contributed by atoms with van der Waals surface area (Å²) in [6.45, 7) is 6.82. The maximum Gasteiger partial charge on any atom is 0.0544 e. The highest BCUT2D eigenvalue weighted by Gasteiger charge is 2.33. The molecule has 1 aromatic rings. The second kappa shape index (κ2) is 4.75. The van der Waals surface area contributed by atoms with Gasteiger partial charge in [-0.2, -0.15) is 0 Å². The summed E-state index contributed by atoms with van der Waals surface area (Å²) in [4.78, 5) is 7.13. The Morgan fingerprint density at radius 1 is 1.35 bits per heavy atom. The zero-order chi connectivity index (χ0) is 11.7. The maximum absolute atomic E-state index is 4.54. The van der Waals surface area contributed by atoms with E-state index in [0.717, 1.165) is 18.2 Å². The lowest BCUT2D eigenvalue weighted by atomic mass is 9.84. The number of aromatic nitrogens is 1. The van der Waals surface area contributed by atoms with Crippen molar-refractivity contribution in [3.05, 3.63) is 29.6 Å². The van der Waals surface area contributed by atoms with E-state index in [-0.39, 0.29) is 0 Å². The van der Waals surface area contributed by atoms with Crippen molar-refractivity contribution in [3.63, 3.8) is 0 Å². The zero-order valence-electron chi connectivity index (χ0n) is 10.5. The molecule has 0 radical (unpaired) electrons. The quantitative estimate of drug-likeness (QED) is 0.856. The third-order valence-electron chi connectivity index (χ3n) is 4.15. The van der Waals surface area contributed by atoms with Crippen molar-refractivity contribution in [1.29, 1.82) is 0 Å². The topological polar surface area (TPSA) is 28.2 Å². The van der Waals surface area contributed by atoms with E-state index in [4.69, 9.17) is 0 Å². The van der Waals surface area contributed by atoms with E-state index in [1.807, 2.05) is 0 Å². The summed E-state index contributed by atoms with van der Waals surface area (Å²) in [5, 5.41) is 3.69. The Hall–Kier alpha value is -0.930. The molecule has 17 heavy (non-hydrogen) atoms. The van der Waals surface area contributed by atoms with Gasteiger partial charge in [-0.15, -0.1) is 0 Å². The maximum atomic E-state index is 4.54. The van der Waals surface area contributed by atoms with Crippen LogP contribution in [0.15, 0.2) is 18.2 Å². The van der Waals surface area contributed by atoms with Crippen LogP contribution in [0.1, 0.15) is 24.2 Å². The van der Waals surface area contributed by atoms with Gasteiger partial charge in [-0.1, -0.05) is 6.07 Å². The van der Waals surface area contributed by atoms with Crippen LogP contribution in [0.25, 0.3) is 0 Å². The number of nitrogens with one attached hydrogen (secondary N) is 1. The Kier molecular flexibility index (Phi) is 3.12. The van der Waals surface area contributed by atoms with E-state index in [0.29, 0.717) is 6.04 Å². The molecule has 3 heteroatoms. The van der Waals surface area contributed by atoms with Crippen LogP contribution in [0.3, 0.4) is 0 Å². The van der Waals surface area contributed by atoms with Gasteiger partial charge in [0.1, 0.15) is 0 Å². The van der Waals surface area contributed by atoms with E-state index in [9.17, 15) is 0 Å². The fraction of sp³-hybridized carbons (Fsp3) is 0.643. The molecule has 1 N–H and O–H groups in total. The molecule has 3 saturated heterocycles. The lowest BCUT2D eigenvalue weighted by molar-refractivity contribution is 0.0718. The normalized spacial score (nSPS) is 31.7. The van der Waals surface area contributed by atoms with Crippen LogP contribution in [-0.2, 0) is 6.54 Å². The first-order valence-electron chi connectivity index (χ1n) is 6.69. The molecule has 0 aliphatic carbocycles. The summed E-state index contributed by atoms with van der Waals surface area (Å²) < 4.78 is 0. The average molecular weight is 231 g/mol. The molecule has 0 amide bonds. The van der Waals surface area contributed by atoms with Gasteiger partial charge in [0.2, 0.25) is 0 Å². The van der Waals surface area contributed by atoms with Gasteiger partial charge in [0, 0.05) is 24.8 Å². The Balaban J connectivity index is 1.57. The number of aryl methyl sites for hydroxylation is 1. The highest BCUT2D eigenvalue weighted by molar-refractivity contribution is 5.10. The van der Waals surface area contributed by atoms with Crippen LogP contribution in [0, 0.1) is 12.8 Å². The third-order valence-corrected chi connectivity index (χ3v) is 4.15. The summed E-state index contributed by atoms with van der Waals surface area (Å²) in [5.41, 5.74) is 2.28. The second-order valence-electron chi connectivity index (χ2n) is 5.40. The summed E-state index contributed by atoms with van der Waals surface area (Å²) in [6, 6.07) is 6.94. The molecule has 3 fully saturated rings. The van der Waals surface area contributed by atoms with Gasteiger partial charge in [-0.25, -0.2) is 0 Å². The molecule has 1 unspecified atom stereocenters. The molecule has 4 heterocycles. The molecule has 3 aliphatic heterocycles. The molecule has 2 bridgehead atoms. The van der Waals surface area contributed by atoms with E-state index >= 15 is 0 Å². The minimum absolute atomic E-state index is 0.680. The number of fused-ring (bicyclic) bond motifs is 3. The Morgan fingerprint density at radius 3 is 2.82 bits per heavy atom. The molecule has 0 spiro atoms. The zero-order valence-corrected chi connectivity index (χ0v) is 10.5. The summed E-state index contributed by atoms with van der Waals surface area (Å²) in [7, 11) is 0. The first-order valence-corrected chi connectivity index (χ1v) is 6.69. The van der Waals surface area contributed by atoms with Crippen molar-refractivity contribution in [2.24, 2.45) is 5.92 Å². The number of hydrogen-bond donors (Lipinski definition) is 1. The Bertz CT molecular complexity index is 383. The lowest BCUT2D eigenvalue weighted by Gasteiger charge is -2.45. The van der Waals surface area contributed by atoms with Crippen molar-refractivity contribution in [3.8, 4) is 0 Å². The first kappa shape index (κ1) is 11.2. The molecular weight excluding hydrogens is 210 g/mol. The summed E-state index contributed by atoms with van der Waals surface area (Å²) >= 11 is 0. The van der Waals surface area contributed by atoms with Gasteiger partial charge in [0.25, 0.3) is 0 Å². The SMILES string of the molecule is Cc1cccc(CNC2CN3CCC2CC3)n1. The Labute approximate surface area is 103 Å². The standard InChI is InChI=1S/C14H21N3/c1-11-3-2-4-13(16-11)9-15-14-10-17-7-5-12(14)6-8-17/h2-4,12,14-15H,5-10H2,1H3. The van der Waals surface area contributed by atoms with Crippen molar-refractivity contribution >= 4 is 0 Å². The molecular formula is C14H21N3. The number of hydrogen-bond acceptors (Lipinski definition) is 3. The molecule has 3 aliphatic rings. The van der Waals surface area contributed by atoms with Crippen LogP contribution >= 0.6 is 0 Å². The fourth-order valence-electron chi connectivity index (χ4n) is 3.13. The van der Waals surface area contributed by atoms with Crippen LogP contribution in [0.5, 0.6) is 0 Å². The van der Waals surface area contributed by atoms with Gasteiger partial charge < -0.3 is 10.2 Å².